The van der Waals surface area contributed by atoms with Crippen LogP contribution >= 0.6 is 10.3 Å². The van der Waals surface area contributed by atoms with Gasteiger partial charge in [-0.25, -0.2) is 0 Å². The van der Waals surface area contributed by atoms with Crippen molar-refractivity contribution in [2.45, 2.75) is 32.1 Å². The SMILES string of the molecule is CC(C)(C)S(C)(C)OCCn1ccnn1. The minimum Gasteiger partial charge on any atom is -0.335 e. The van der Waals surface area contributed by atoms with Crippen LogP contribution in [-0.4, -0.2) is 38.9 Å². The summed E-state index contributed by atoms with van der Waals surface area (Å²) in [4.78, 5) is 0. The van der Waals surface area contributed by atoms with Crippen molar-refractivity contribution in [1.82, 2.24) is 15.0 Å². The molecule has 0 atom stereocenters. The molecule has 0 unspecified atom stereocenters. The van der Waals surface area contributed by atoms with Crippen molar-refractivity contribution in [3.63, 3.8) is 0 Å². The second-order valence-electron chi connectivity index (χ2n) is 4.83. The number of hydrogen-bond acceptors (Lipinski definition) is 3. The Labute approximate surface area is 93.5 Å². The van der Waals surface area contributed by atoms with E-state index in [0.717, 1.165) is 6.54 Å². The number of hydrogen-bond donors (Lipinski definition) is 0. The molecule has 1 aromatic rings. The zero-order chi connectivity index (χ0) is 11.5. The average Bonchev–Trinajstić information content (AvgIpc) is 2.54. The van der Waals surface area contributed by atoms with Gasteiger partial charge >= 0.3 is 0 Å². The summed E-state index contributed by atoms with van der Waals surface area (Å²) in [6.45, 7) is 8.13. The molecule has 0 amide bonds. The van der Waals surface area contributed by atoms with Crippen LogP contribution in [0.2, 0.25) is 0 Å². The zero-order valence-corrected chi connectivity index (χ0v) is 11.0. The van der Waals surface area contributed by atoms with E-state index in [-0.39, 0.29) is 4.75 Å². The van der Waals surface area contributed by atoms with E-state index in [2.05, 4.69) is 43.6 Å². The van der Waals surface area contributed by atoms with Gasteiger partial charge in [0.1, 0.15) is 0 Å². The smallest absolute Gasteiger partial charge is 0.0789 e. The predicted octanol–water partition coefficient (Wildman–Crippen LogP) is 2.07. The van der Waals surface area contributed by atoms with E-state index in [4.69, 9.17) is 4.18 Å². The van der Waals surface area contributed by atoms with E-state index in [1.165, 1.54) is 0 Å². The van der Waals surface area contributed by atoms with Gasteiger partial charge in [0.2, 0.25) is 0 Å². The third-order valence-electron chi connectivity index (χ3n) is 2.65. The van der Waals surface area contributed by atoms with Crippen LogP contribution in [0.1, 0.15) is 20.8 Å². The van der Waals surface area contributed by atoms with Gasteiger partial charge in [-0.3, -0.25) is 4.68 Å². The fraction of sp³-hybridized carbons (Fsp3) is 0.800. The van der Waals surface area contributed by atoms with Crippen molar-refractivity contribution in [2.24, 2.45) is 0 Å². The Kier molecular flexibility index (Phi) is 3.78. The van der Waals surface area contributed by atoms with Crippen molar-refractivity contribution in [3.05, 3.63) is 12.4 Å². The third-order valence-corrected chi connectivity index (χ3v) is 6.35. The van der Waals surface area contributed by atoms with Crippen molar-refractivity contribution < 1.29 is 4.18 Å². The molecule has 1 heterocycles. The summed E-state index contributed by atoms with van der Waals surface area (Å²) >= 11 is 0. The number of aromatic nitrogens is 3. The molecule has 1 aromatic heterocycles. The Bertz CT molecular complexity index is 290. The van der Waals surface area contributed by atoms with E-state index in [1.807, 2.05) is 6.20 Å². The highest BCUT2D eigenvalue weighted by Gasteiger charge is 2.28. The first-order valence-corrected chi connectivity index (χ1v) is 7.42. The Balaban J connectivity index is 2.37. The molecule has 0 radical (unpaired) electrons. The first-order chi connectivity index (χ1) is 6.83. The van der Waals surface area contributed by atoms with Gasteiger partial charge in [0.05, 0.1) is 19.3 Å². The molecule has 0 aliphatic carbocycles. The fourth-order valence-corrected chi connectivity index (χ4v) is 1.71. The molecule has 4 nitrogen and oxygen atoms in total. The van der Waals surface area contributed by atoms with Crippen LogP contribution in [0.25, 0.3) is 0 Å². The normalized spacial score (nSPS) is 14.2. The Morgan fingerprint density at radius 1 is 1.33 bits per heavy atom. The maximum Gasteiger partial charge on any atom is 0.0789 e. The molecule has 0 aliphatic rings. The Morgan fingerprint density at radius 2 is 2.00 bits per heavy atom. The van der Waals surface area contributed by atoms with Crippen molar-refractivity contribution in [1.29, 1.82) is 0 Å². The second-order valence-corrected chi connectivity index (χ2v) is 8.76. The highest BCUT2D eigenvalue weighted by Crippen LogP contribution is 2.53. The third kappa shape index (κ3) is 3.50. The van der Waals surface area contributed by atoms with Gasteiger partial charge in [0, 0.05) is 10.9 Å². The topological polar surface area (TPSA) is 39.9 Å². The summed E-state index contributed by atoms with van der Waals surface area (Å²) < 4.78 is 7.97. The molecular weight excluding hydrogens is 210 g/mol. The predicted molar refractivity (Wildman–Crippen MR) is 65.2 cm³/mol. The first-order valence-electron chi connectivity index (χ1n) is 5.04. The van der Waals surface area contributed by atoms with Crippen LogP contribution in [-0.2, 0) is 10.7 Å². The summed E-state index contributed by atoms with van der Waals surface area (Å²) in [5, 5.41) is 7.64. The minimum absolute atomic E-state index is 0.218. The summed E-state index contributed by atoms with van der Waals surface area (Å²) in [5.74, 6) is 0. The van der Waals surface area contributed by atoms with E-state index in [0.29, 0.717) is 6.61 Å². The van der Waals surface area contributed by atoms with Crippen LogP contribution in [0.15, 0.2) is 12.4 Å². The lowest BCUT2D eigenvalue weighted by Gasteiger charge is -2.43. The summed E-state index contributed by atoms with van der Waals surface area (Å²) in [5.41, 5.74) is 0. The maximum absolute atomic E-state index is 5.96. The highest BCUT2D eigenvalue weighted by molar-refractivity contribution is 8.29. The van der Waals surface area contributed by atoms with Crippen molar-refractivity contribution in [3.8, 4) is 0 Å². The number of rotatable bonds is 4. The number of nitrogens with zero attached hydrogens (tertiary/aromatic N) is 3. The van der Waals surface area contributed by atoms with E-state index in [9.17, 15) is 0 Å². The summed E-state index contributed by atoms with van der Waals surface area (Å²) in [6.07, 6.45) is 7.94. The van der Waals surface area contributed by atoms with Crippen LogP contribution < -0.4 is 0 Å². The van der Waals surface area contributed by atoms with E-state index in [1.54, 1.807) is 10.9 Å². The molecule has 0 saturated heterocycles. The molecule has 5 heteroatoms. The molecule has 0 spiro atoms. The van der Waals surface area contributed by atoms with Gasteiger partial charge in [-0.1, -0.05) is 26.0 Å². The van der Waals surface area contributed by atoms with Crippen molar-refractivity contribution in [2.75, 3.05) is 19.1 Å². The second kappa shape index (κ2) is 4.53. The minimum atomic E-state index is -1.01. The van der Waals surface area contributed by atoms with Gasteiger partial charge in [0.25, 0.3) is 0 Å². The fourth-order valence-electron chi connectivity index (χ4n) is 0.868. The molecule has 0 aromatic carbocycles. The van der Waals surface area contributed by atoms with Gasteiger partial charge in [-0.2, -0.15) is 0 Å². The molecule has 15 heavy (non-hydrogen) atoms. The van der Waals surface area contributed by atoms with Gasteiger partial charge in [-0.15, -0.1) is 15.4 Å². The lowest BCUT2D eigenvalue weighted by atomic mass is 10.3. The average molecular weight is 231 g/mol. The highest BCUT2D eigenvalue weighted by atomic mass is 32.3. The van der Waals surface area contributed by atoms with E-state index >= 15 is 0 Å². The van der Waals surface area contributed by atoms with Crippen LogP contribution in [0.4, 0.5) is 0 Å². The van der Waals surface area contributed by atoms with Gasteiger partial charge < -0.3 is 4.18 Å². The van der Waals surface area contributed by atoms with Gasteiger partial charge in [0.15, 0.2) is 0 Å². The summed E-state index contributed by atoms with van der Waals surface area (Å²) in [6, 6.07) is 0. The maximum atomic E-state index is 5.96. The lowest BCUT2D eigenvalue weighted by molar-refractivity contribution is 0.316. The first kappa shape index (κ1) is 12.5. The molecule has 0 fully saturated rings. The van der Waals surface area contributed by atoms with Crippen LogP contribution in [0.5, 0.6) is 0 Å². The molecule has 0 saturated carbocycles. The molecule has 0 bridgehead atoms. The Morgan fingerprint density at radius 3 is 2.47 bits per heavy atom. The monoisotopic (exact) mass is 231 g/mol. The molecule has 0 aliphatic heterocycles. The lowest BCUT2D eigenvalue weighted by Crippen LogP contribution is -2.26. The molecule has 1 rings (SSSR count). The Hall–Kier alpha value is -0.550. The van der Waals surface area contributed by atoms with Crippen LogP contribution in [0.3, 0.4) is 0 Å². The quantitative estimate of drug-likeness (QED) is 0.796. The molecule has 88 valence electrons. The van der Waals surface area contributed by atoms with Crippen LogP contribution in [0, 0.1) is 0 Å². The standard InChI is InChI=1S/C10H21N3OS/c1-10(2,3)15(4,5)14-9-8-13-7-6-11-12-13/h6-7H,8-9H2,1-5H3. The molecular formula is C10H21N3OS. The van der Waals surface area contributed by atoms with Gasteiger partial charge in [-0.05, 0) is 12.5 Å². The van der Waals surface area contributed by atoms with Crippen molar-refractivity contribution >= 4 is 10.3 Å². The van der Waals surface area contributed by atoms with E-state index < -0.39 is 10.3 Å². The zero-order valence-electron chi connectivity index (χ0n) is 10.2. The molecule has 0 N–H and O–H groups in total. The summed E-state index contributed by atoms with van der Waals surface area (Å²) in [7, 11) is -1.01. The largest absolute Gasteiger partial charge is 0.335 e.